The standard InChI is InChI=1S/C19H21NO/c1-20-12-16(13-21)19-17-8-4-2-6-14(17)10-11-15-7-3-5-9-18(15)19/h2-9,20-21H,10-13H2,1H3. The van der Waals surface area contributed by atoms with Crippen LogP contribution in [0.15, 0.2) is 54.1 Å². The van der Waals surface area contributed by atoms with Crippen LogP contribution in [0, 0.1) is 0 Å². The summed E-state index contributed by atoms with van der Waals surface area (Å²) in [7, 11) is 1.92. The molecule has 1 aliphatic carbocycles. The Morgan fingerprint density at radius 1 is 0.952 bits per heavy atom. The highest BCUT2D eigenvalue weighted by atomic mass is 16.3. The summed E-state index contributed by atoms with van der Waals surface area (Å²) in [5.74, 6) is 0. The summed E-state index contributed by atoms with van der Waals surface area (Å²) in [6.45, 7) is 0.785. The molecule has 1 aliphatic rings. The van der Waals surface area contributed by atoms with Crippen molar-refractivity contribution in [3.8, 4) is 0 Å². The predicted octanol–water partition coefficient (Wildman–Crippen LogP) is 2.80. The summed E-state index contributed by atoms with van der Waals surface area (Å²) in [5.41, 5.74) is 7.52. The fraction of sp³-hybridized carbons (Fsp3) is 0.263. The highest BCUT2D eigenvalue weighted by Gasteiger charge is 2.20. The van der Waals surface area contributed by atoms with Gasteiger partial charge in [-0.3, -0.25) is 0 Å². The van der Waals surface area contributed by atoms with Crippen LogP contribution in [-0.2, 0) is 12.8 Å². The molecule has 108 valence electrons. The van der Waals surface area contributed by atoms with Gasteiger partial charge >= 0.3 is 0 Å². The van der Waals surface area contributed by atoms with Gasteiger partial charge in [-0.05, 0) is 53.3 Å². The second-order valence-corrected chi connectivity index (χ2v) is 5.48. The third kappa shape index (κ3) is 2.65. The van der Waals surface area contributed by atoms with E-state index in [9.17, 15) is 5.11 Å². The fourth-order valence-corrected chi connectivity index (χ4v) is 3.20. The summed E-state index contributed by atoms with van der Waals surface area (Å²) in [5, 5.41) is 13.0. The zero-order valence-electron chi connectivity index (χ0n) is 12.4. The number of hydrogen-bond donors (Lipinski definition) is 2. The van der Waals surface area contributed by atoms with E-state index in [-0.39, 0.29) is 6.61 Å². The van der Waals surface area contributed by atoms with Gasteiger partial charge in [0.05, 0.1) is 6.61 Å². The summed E-state index contributed by atoms with van der Waals surface area (Å²) >= 11 is 0. The predicted molar refractivity (Wildman–Crippen MR) is 87.3 cm³/mol. The van der Waals surface area contributed by atoms with Crippen LogP contribution in [0.2, 0.25) is 0 Å². The molecule has 0 bridgehead atoms. The topological polar surface area (TPSA) is 32.3 Å². The Labute approximate surface area is 126 Å². The minimum atomic E-state index is 0.0822. The molecule has 2 N–H and O–H groups in total. The molecule has 2 nitrogen and oxygen atoms in total. The molecule has 2 aromatic carbocycles. The molecule has 0 unspecified atom stereocenters. The second kappa shape index (κ2) is 6.25. The Morgan fingerprint density at radius 2 is 1.48 bits per heavy atom. The van der Waals surface area contributed by atoms with Crippen LogP contribution < -0.4 is 5.32 Å². The highest BCUT2D eigenvalue weighted by Crippen LogP contribution is 2.35. The third-order valence-electron chi connectivity index (χ3n) is 4.17. The second-order valence-electron chi connectivity index (χ2n) is 5.48. The van der Waals surface area contributed by atoms with E-state index in [1.165, 1.54) is 27.8 Å². The number of aliphatic hydroxyl groups excluding tert-OH is 1. The molecule has 0 aliphatic heterocycles. The van der Waals surface area contributed by atoms with E-state index in [2.05, 4.69) is 53.8 Å². The summed E-state index contributed by atoms with van der Waals surface area (Å²) in [6.07, 6.45) is 2.10. The smallest absolute Gasteiger partial charge is 0.0663 e. The van der Waals surface area contributed by atoms with Gasteiger partial charge in [0.15, 0.2) is 0 Å². The van der Waals surface area contributed by atoms with Crippen molar-refractivity contribution in [2.45, 2.75) is 12.8 Å². The zero-order chi connectivity index (χ0) is 14.7. The molecule has 0 amide bonds. The van der Waals surface area contributed by atoms with Crippen LogP contribution in [0.3, 0.4) is 0 Å². The lowest BCUT2D eigenvalue weighted by Gasteiger charge is -2.17. The van der Waals surface area contributed by atoms with E-state index in [0.29, 0.717) is 6.54 Å². The van der Waals surface area contributed by atoms with Gasteiger partial charge in [0.2, 0.25) is 0 Å². The van der Waals surface area contributed by atoms with Crippen LogP contribution in [0.25, 0.3) is 5.57 Å². The first kappa shape index (κ1) is 14.1. The molecule has 21 heavy (non-hydrogen) atoms. The number of aliphatic hydroxyl groups is 1. The minimum Gasteiger partial charge on any atom is -0.392 e. The molecule has 2 heteroatoms. The summed E-state index contributed by atoms with van der Waals surface area (Å²) in [6, 6.07) is 17.1. The lowest BCUT2D eigenvalue weighted by molar-refractivity contribution is 0.328. The van der Waals surface area contributed by atoms with E-state index in [1.54, 1.807) is 0 Å². The average molecular weight is 279 g/mol. The van der Waals surface area contributed by atoms with Crippen molar-refractivity contribution in [1.82, 2.24) is 5.32 Å². The lowest BCUT2D eigenvalue weighted by Crippen LogP contribution is -2.15. The van der Waals surface area contributed by atoms with Crippen molar-refractivity contribution >= 4 is 5.57 Å². The number of aryl methyl sites for hydroxylation is 2. The maximum atomic E-state index is 9.85. The van der Waals surface area contributed by atoms with Gasteiger partial charge in [-0.2, -0.15) is 0 Å². The Bertz CT molecular complexity index is 623. The average Bonchev–Trinajstić information content (AvgIpc) is 2.70. The highest BCUT2D eigenvalue weighted by molar-refractivity contribution is 5.86. The summed E-state index contributed by atoms with van der Waals surface area (Å²) in [4.78, 5) is 0. The van der Waals surface area contributed by atoms with Crippen LogP contribution in [0.4, 0.5) is 0 Å². The van der Waals surface area contributed by atoms with Gasteiger partial charge in [0, 0.05) is 6.54 Å². The van der Waals surface area contributed by atoms with Crippen LogP contribution in [0.5, 0.6) is 0 Å². The SMILES string of the molecule is CNCC(CO)=C1c2ccccc2CCc2ccccc21. The number of rotatable bonds is 3. The van der Waals surface area contributed by atoms with Gasteiger partial charge in [-0.1, -0.05) is 48.5 Å². The Hall–Kier alpha value is -1.90. The van der Waals surface area contributed by atoms with Gasteiger partial charge in [-0.15, -0.1) is 0 Å². The van der Waals surface area contributed by atoms with Crippen LogP contribution in [-0.4, -0.2) is 25.3 Å². The number of likely N-dealkylation sites (N-methyl/N-ethyl adjacent to an activating group) is 1. The molecular formula is C19H21NO. The Kier molecular flexibility index (Phi) is 4.18. The van der Waals surface area contributed by atoms with Crippen molar-refractivity contribution in [1.29, 1.82) is 0 Å². The van der Waals surface area contributed by atoms with Crippen molar-refractivity contribution in [2.24, 2.45) is 0 Å². The molecule has 0 heterocycles. The first-order valence-electron chi connectivity index (χ1n) is 7.49. The minimum absolute atomic E-state index is 0.0822. The molecule has 0 atom stereocenters. The number of hydrogen-bond acceptors (Lipinski definition) is 2. The molecule has 3 rings (SSSR count). The number of fused-ring (bicyclic) bond motifs is 2. The van der Waals surface area contributed by atoms with Crippen molar-refractivity contribution in [2.75, 3.05) is 20.2 Å². The van der Waals surface area contributed by atoms with Crippen molar-refractivity contribution in [3.05, 3.63) is 76.4 Å². The monoisotopic (exact) mass is 279 g/mol. The van der Waals surface area contributed by atoms with Gasteiger partial charge in [0.1, 0.15) is 0 Å². The zero-order valence-corrected chi connectivity index (χ0v) is 12.4. The fourth-order valence-electron chi connectivity index (χ4n) is 3.20. The molecule has 0 spiro atoms. The normalized spacial score (nSPS) is 13.3. The first-order chi connectivity index (χ1) is 10.3. The first-order valence-corrected chi connectivity index (χ1v) is 7.49. The molecule has 0 radical (unpaired) electrons. The van der Waals surface area contributed by atoms with E-state index in [0.717, 1.165) is 18.4 Å². The van der Waals surface area contributed by atoms with Crippen molar-refractivity contribution in [3.63, 3.8) is 0 Å². The van der Waals surface area contributed by atoms with Gasteiger partial charge in [0.25, 0.3) is 0 Å². The third-order valence-corrected chi connectivity index (χ3v) is 4.17. The Balaban J connectivity index is 2.29. The maximum absolute atomic E-state index is 9.85. The summed E-state index contributed by atoms with van der Waals surface area (Å²) < 4.78 is 0. The van der Waals surface area contributed by atoms with E-state index in [1.807, 2.05) is 7.05 Å². The van der Waals surface area contributed by atoms with Crippen LogP contribution in [0.1, 0.15) is 22.3 Å². The van der Waals surface area contributed by atoms with Crippen molar-refractivity contribution < 1.29 is 5.11 Å². The number of nitrogens with one attached hydrogen (secondary N) is 1. The molecule has 0 aromatic heterocycles. The molecular weight excluding hydrogens is 258 g/mol. The van der Waals surface area contributed by atoms with E-state index >= 15 is 0 Å². The molecule has 0 saturated carbocycles. The van der Waals surface area contributed by atoms with Gasteiger partial charge in [-0.25, -0.2) is 0 Å². The van der Waals surface area contributed by atoms with E-state index in [4.69, 9.17) is 0 Å². The quantitative estimate of drug-likeness (QED) is 0.905. The van der Waals surface area contributed by atoms with Crippen LogP contribution >= 0.6 is 0 Å². The molecule has 2 aromatic rings. The number of benzene rings is 2. The molecule has 0 fully saturated rings. The Morgan fingerprint density at radius 3 is 1.95 bits per heavy atom. The molecule has 0 saturated heterocycles. The maximum Gasteiger partial charge on any atom is 0.0663 e. The van der Waals surface area contributed by atoms with Gasteiger partial charge < -0.3 is 10.4 Å². The van der Waals surface area contributed by atoms with E-state index < -0.39 is 0 Å². The lowest BCUT2D eigenvalue weighted by atomic mass is 9.90. The largest absolute Gasteiger partial charge is 0.392 e.